The van der Waals surface area contributed by atoms with Gasteiger partial charge in [-0.1, -0.05) is 23.2 Å². The molecule has 1 aromatic carbocycles. The standard InChI is InChI=1S/C10H11Cl2NO3/c1-3-16-13-10(14)8-6(11)4-5-7(12)9(8)15-2/h4-5H,3H2,1-2H3,(H,13,14). The summed E-state index contributed by atoms with van der Waals surface area (Å²) >= 11 is 11.8. The van der Waals surface area contributed by atoms with Crippen LogP contribution in [0, 0.1) is 0 Å². The summed E-state index contributed by atoms with van der Waals surface area (Å²) in [5.74, 6) is -0.266. The molecule has 6 heteroatoms. The van der Waals surface area contributed by atoms with Gasteiger partial charge < -0.3 is 4.74 Å². The summed E-state index contributed by atoms with van der Waals surface area (Å²) < 4.78 is 5.03. The highest BCUT2D eigenvalue weighted by atomic mass is 35.5. The van der Waals surface area contributed by atoms with Gasteiger partial charge in [0.2, 0.25) is 0 Å². The highest BCUT2D eigenvalue weighted by Crippen LogP contribution is 2.33. The number of halogens is 2. The highest BCUT2D eigenvalue weighted by molar-refractivity contribution is 6.37. The number of hydrogen-bond acceptors (Lipinski definition) is 3. The summed E-state index contributed by atoms with van der Waals surface area (Å²) in [6, 6.07) is 3.08. The number of rotatable bonds is 4. The van der Waals surface area contributed by atoms with Crippen LogP contribution in [0.4, 0.5) is 0 Å². The predicted octanol–water partition coefficient (Wildman–Crippen LogP) is 2.68. The number of methoxy groups -OCH3 is 1. The summed E-state index contributed by atoms with van der Waals surface area (Å²) in [6.07, 6.45) is 0. The van der Waals surface area contributed by atoms with E-state index in [-0.39, 0.29) is 16.3 Å². The van der Waals surface area contributed by atoms with Crippen molar-refractivity contribution in [2.45, 2.75) is 6.92 Å². The number of ether oxygens (including phenoxy) is 1. The van der Waals surface area contributed by atoms with Crippen LogP contribution in [0.3, 0.4) is 0 Å². The molecule has 0 saturated heterocycles. The Labute approximate surface area is 103 Å². The molecule has 4 nitrogen and oxygen atoms in total. The molecule has 0 heterocycles. The van der Waals surface area contributed by atoms with Crippen molar-refractivity contribution in [2.75, 3.05) is 13.7 Å². The van der Waals surface area contributed by atoms with Crippen LogP contribution in [0.2, 0.25) is 10.0 Å². The lowest BCUT2D eigenvalue weighted by Gasteiger charge is -2.11. The summed E-state index contributed by atoms with van der Waals surface area (Å²) in [7, 11) is 1.41. The van der Waals surface area contributed by atoms with Gasteiger partial charge in [-0.15, -0.1) is 0 Å². The van der Waals surface area contributed by atoms with E-state index in [9.17, 15) is 4.79 Å². The molecule has 0 fully saturated rings. The Bertz CT molecular complexity index is 396. The van der Waals surface area contributed by atoms with Crippen molar-refractivity contribution in [3.8, 4) is 5.75 Å². The first kappa shape index (κ1) is 13.1. The zero-order valence-corrected chi connectivity index (χ0v) is 10.4. The van der Waals surface area contributed by atoms with Crippen LogP contribution in [0.1, 0.15) is 17.3 Å². The second kappa shape index (κ2) is 5.94. The molecule has 1 rings (SSSR count). The van der Waals surface area contributed by atoms with E-state index in [0.29, 0.717) is 11.6 Å². The zero-order chi connectivity index (χ0) is 12.1. The molecule has 0 unspecified atom stereocenters. The summed E-state index contributed by atoms with van der Waals surface area (Å²) in [5.41, 5.74) is 2.39. The third-order valence-electron chi connectivity index (χ3n) is 1.80. The van der Waals surface area contributed by atoms with Gasteiger partial charge in [0.1, 0.15) is 5.56 Å². The van der Waals surface area contributed by atoms with Crippen molar-refractivity contribution in [2.24, 2.45) is 0 Å². The maximum atomic E-state index is 11.7. The summed E-state index contributed by atoms with van der Waals surface area (Å²) in [4.78, 5) is 16.5. The molecule has 0 radical (unpaired) electrons. The van der Waals surface area contributed by atoms with Crippen LogP contribution in [0.15, 0.2) is 12.1 Å². The molecule has 0 aliphatic rings. The van der Waals surface area contributed by atoms with Gasteiger partial charge in [0.15, 0.2) is 5.75 Å². The lowest BCUT2D eigenvalue weighted by molar-refractivity contribution is 0.0362. The van der Waals surface area contributed by atoms with Gasteiger partial charge in [-0.05, 0) is 19.1 Å². The van der Waals surface area contributed by atoms with Crippen molar-refractivity contribution in [3.05, 3.63) is 27.7 Å². The number of amides is 1. The van der Waals surface area contributed by atoms with Crippen LogP contribution in [0.25, 0.3) is 0 Å². The van der Waals surface area contributed by atoms with E-state index in [4.69, 9.17) is 32.8 Å². The van der Waals surface area contributed by atoms with Gasteiger partial charge in [0, 0.05) is 0 Å². The van der Waals surface area contributed by atoms with E-state index >= 15 is 0 Å². The second-order valence-corrected chi connectivity index (χ2v) is 3.62. The van der Waals surface area contributed by atoms with Gasteiger partial charge in [-0.2, -0.15) is 0 Å². The molecule has 0 aliphatic carbocycles. The molecule has 1 amide bonds. The topological polar surface area (TPSA) is 47.6 Å². The Balaban J connectivity index is 3.10. The number of hydrogen-bond donors (Lipinski definition) is 1. The molecular weight excluding hydrogens is 253 g/mol. The van der Waals surface area contributed by atoms with Crippen LogP contribution in [-0.4, -0.2) is 19.6 Å². The first-order valence-corrected chi connectivity index (χ1v) is 5.31. The fourth-order valence-electron chi connectivity index (χ4n) is 1.13. The van der Waals surface area contributed by atoms with Gasteiger partial charge >= 0.3 is 0 Å². The maximum Gasteiger partial charge on any atom is 0.280 e. The fraction of sp³-hybridized carbons (Fsp3) is 0.300. The molecular formula is C10H11Cl2NO3. The van der Waals surface area contributed by atoms with Crippen LogP contribution < -0.4 is 10.2 Å². The average Bonchev–Trinajstić information content (AvgIpc) is 2.28. The molecule has 0 aliphatic heterocycles. The first-order valence-electron chi connectivity index (χ1n) is 4.56. The SMILES string of the molecule is CCONC(=O)c1c(Cl)ccc(Cl)c1OC. The summed E-state index contributed by atoms with van der Waals surface area (Å²) in [5, 5.41) is 0.562. The molecule has 0 bridgehead atoms. The lowest BCUT2D eigenvalue weighted by Crippen LogP contribution is -2.24. The molecule has 0 atom stereocenters. The van der Waals surface area contributed by atoms with Gasteiger partial charge in [0.25, 0.3) is 5.91 Å². The number of benzene rings is 1. The Morgan fingerprint density at radius 2 is 2.00 bits per heavy atom. The number of hydroxylamine groups is 1. The third-order valence-corrected chi connectivity index (χ3v) is 2.41. The fourth-order valence-corrected chi connectivity index (χ4v) is 1.60. The van der Waals surface area contributed by atoms with E-state index in [1.54, 1.807) is 13.0 Å². The normalized spacial score (nSPS) is 10.0. The van der Waals surface area contributed by atoms with Crippen LogP contribution >= 0.6 is 23.2 Å². The van der Waals surface area contributed by atoms with E-state index in [1.807, 2.05) is 0 Å². The van der Waals surface area contributed by atoms with Crippen LogP contribution in [0.5, 0.6) is 5.75 Å². The minimum atomic E-state index is -0.494. The van der Waals surface area contributed by atoms with E-state index in [0.717, 1.165) is 0 Å². The highest BCUT2D eigenvalue weighted by Gasteiger charge is 2.19. The summed E-state index contributed by atoms with van der Waals surface area (Å²) in [6.45, 7) is 2.10. The number of carbonyl (C=O) groups is 1. The smallest absolute Gasteiger partial charge is 0.280 e. The van der Waals surface area contributed by atoms with E-state index in [2.05, 4.69) is 5.48 Å². The Morgan fingerprint density at radius 1 is 1.38 bits per heavy atom. The minimum absolute atomic E-state index is 0.158. The minimum Gasteiger partial charge on any atom is -0.494 e. The molecule has 16 heavy (non-hydrogen) atoms. The van der Waals surface area contributed by atoms with Crippen LogP contribution in [-0.2, 0) is 4.84 Å². The van der Waals surface area contributed by atoms with Crippen molar-refractivity contribution in [3.63, 3.8) is 0 Å². The maximum absolute atomic E-state index is 11.7. The first-order chi connectivity index (χ1) is 7.61. The largest absolute Gasteiger partial charge is 0.494 e. The van der Waals surface area contributed by atoms with Crippen molar-refractivity contribution in [1.29, 1.82) is 0 Å². The predicted molar refractivity (Wildman–Crippen MR) is 62.1 cm³/mol. The Kier molecular flexibility index (Phi) is 4.86. The Morgan fingerprint density at radius 3 is 2.56 bits per heavy atom. The van der Waals surface area contributed by atoms with Crippen molar-refractivity contribution in [1.82, 2.24) is 5.48 Å². The van der Waals surface area contributed by atoms with Gasteiger partial charge in [-0.25, -0.2) is 5.48 Å². The second-order valence-electron chi connectivity index (χ2n) is 2.80. The quantitative estimate of drug-likeness (QED) is 0.850. The Hall–Kier alpha value is -0.970. The molecule has 0 aromatic heterocycles. The number of nitrogens with one attached hydrogen (secondary N) is 1. The van der Waals surface area contributed by atoms with E-state index in [1.165, 1.54) is 13.2 Å². The molecule has 88 valence electrons. The molecule has 0 spiro atoms. The van der Waals surface area contributed by atoms with Gasteiger partial charge in [-0.3, -0.25) is 9.63 Å². The average molecular weight is 264 g/mol. The molecule has 0 saturated carbocycles. The lowest BCUT2D eigenvalue weighted by atomic mass is 10.2. The zero-order valence-electron chi connectivity index (χ0n) is 8.84. The van der Waals surface area contributed by atoms with Crippen molar-refractivity contribution < 1.29 is 14.4 Å². The van der Waals surface area contributed by atoms with E-state index < -0.39 is 5.91 Å². The molecule has 1 N–H and O–H groups in total. The molecule has 1 aromatic rings. The van der Waals surface area contributed by atoms with Gasteiger partial charge in [0.05, 0.1) is 23.8 Å². The monoisotopic (exact) mass is 263 g/mol. The van der Waals surface area contributed by atoms with Crippen molar-refractivity contribution >= 4 is 29.1 Å². The number of carbonyl (C=O) groups excluding carboxylic acids is 1. The third kappa shape index (κ3) is 2.78.